The lowest BCUT2D eigenvalue weighted by atomic mass is 10.2. The number of thioether (sulfide) groups is 1. The summed E-state index contributed by atoms with van der Waals surface area (Å²) in [7, 11) is 0. The Bertz CT molecular complexity index is 857. The fourth-order valence-corrected chi connectivity index (χ4v) is 3.10. The number of nitriles is 1. The molecule has 9 heteroatoms. The molecule has 0 fully saturated rings. The predicted molar refractivity (Wildman–Crippen MR) is 94.8 cm³/mol. The van der Waals surface area contributed by atoms with Gasteiger partial charge in [0.2, 0.25) is 5.91 Å². The van der Waals surface area contributed by atoms with E-state index < -0.39 is 5.56 Å². The summed E-state index contributed by atoms with van der Waals surface area (Å²) in [6, 6.07) is 6.54. The number of nitrogens with one attached hydrogen (secondary N) is 2. The third-order valence-corrected chi connectivity index (χ3v) is 4.22. The van der Waals surface area contributed by atoms with E-state index >= 15 is 0 Å². The lowest BCUT2D eigenvalue weighted by Gasteiger charge is -2.07. The monoisotopic (exact) mass is 382 g/mol. The maximum Gasteiger partial charge on any atom is 0.269 e. The zero-order valence-corrected chi connectivity index (χ0v) is 14.8. The maximum atomic E-state index is 12.0. The maximum absolute atomic E-state index is 12.0. The summed E-state index contributed by atoms with van der Waals surface area (Å²) in [5.74, 6) is -0.273. The van der Waals surface area contributed by atoms with Gasteiger partial charge < -0.3 is 10.3 Å². The van der Waals surface area contributed by atoms with Crippen molar-refractivity contribution in [2.24, 2.45) is 0 Å². The predicted octanol–water partition coefficient (Wildman–Crippen LogP) is 3.24. The van der Waals surface area contributed by atoms with Crippen molar-refractivity contribution < 1.29 is 4.79 Å². The first-order valence-corrected chi connectivity index (χ1v) is 8.59. The molecule has 0 unspecified atom stereocenters. The quantitative estimate of drug-likeness (QED) is 0.610. The van der Waals surface area contributed by atoms with Gasteiger partial charge in [-0.2, -0.15) is 5.26 Å². The number of anilines is 1. The Morgan fingerprint density at radius 2 is 2.04 bits per heavy atom. The van der Waals surface area contributed by atoms with Crippen molar-refractivity contribution in [3.63, 3.8) is 0 Å². The lowest BCUT2D eigenvalue weighted by molar-refractivity contribution is -0.113. The standard InChI is InChI=1S/C15H12Cl2N4O2S/c1-2-12-11(6-18)14(23)21-15(20-12)24-7-13(22)19-10-4-8(16)3-9(17)5-10/h3-5H,2,7H2,1H3,(H,19,22)(H,20,21,23). The summed E-state index contributed by atoms with van der Waals surface area (Å²) < 4.78 is 0. The minimum Gasteiger partial charge on any atom is -0.325 e. The average Bonchev–Trinajstić information content (AvgIpc) is 2.51. The molecule has 0 radical (unpaired) electrons. The number of aryl methyl sites for hydroxylation is 1. The Morgan fingerprint density at radius 1 is 1.38 bits per heavy atom. The van der Waals surface area contributed by atoms with Crippen LogP contribution in [0.1, 0.15) is 18.2 Å². The fourth-order valence-electron chi connectivity index (χ4n) is 1.89. The Balaban J connectivity index is 2.05. The number of hydrogen-bond acceptors (Lipinski definition) is 5. The van der Waals surface area contributed by atoms with E-state index in [4.69, 9.17) is 28.5 Å². The van der Waals surface area contributed by atoms with Crippen LogP contribution in [-0.2, 0) is 11.2 Å². The molecule has 0 spiro atoms. The highest BCUT2D eigenvalue weighted by molar-refractivity contribution is 7.99. The highest BCUT2D eigenvalue weighted by Crippen LogP contribution is 2.23. The number of nitrogens with zero attached hydrogens (tertiary/aromatic N) is 2. The first-order chi connectivity index (χ1) is 11.4. The second kappa shape index (κ2) is 8.20. The number of aromatic amines is 1. The Kier molecular flexibility index (Phi) is 6.26. The second-order valence-electron chi connectivity index (χ2n) is 4.65. The molecule has 0 atom stereocenters. The Labute approximate surface area is 152 Å². The van der Waals surface area contributed by atoms with E-state index in [1.807, 2.05) is 6.07 Å². The normalized spacial score (nSPS) is 10.2. The van der Waals surface area contributed by atoms with Gasteiger partial charge in [0.25, 0.3) is 5.56 Å². The largest absolute Gasteiger partial charge is 0.325 e. The van der Waals surface area contributed by atoms with E-state index in [-0.39, 0.29) is 22.4 Å². The molecule has 0 saturated carbocycles. The van der Waals surface area contributed by atoms with Crippen molar-refractivity contribution in [3.8, 4) is 6.07 Å². The molecule has 1 heterocycles. The minimum atomic E-state index is -0.506. The van der Waals surface area contributed by atoms with Crippen LogP contribution in [0.5, 0.6) is 0 Å². The van der Waals surface area contributed by atoms with E-state index in [2.05, 4.69) is 15.3 Å². The van der Waals surface area contributed by atoms with Crippen LogP contribution in [0, 0.1) is 11.3 Å². The molecule has 0 aliphatic rings. The molecule has 0 saturated heterocycles. The van der Waals surface area contributed by atoms with Gasteiger partial charge in [-0.1, -0.05) is 41.9 Å². The summed E-state index contributed by atoms with van der Waals surface area (Å²) in [5.41, 5.74) is 0.383. The SMILES string of the molecule is CCc1nc(SCC(=O)Nc2cc(Cl)cc(Cl)c2)[nH]c(=O)c1C#N. The number of halogens is 2. The average molecular weight is 383 g/mol. The highest BCUT2D eigenvalue weighted by atomic mass is 35.5. The Hall–Kier alpha value is -2.01. The third-order valence-electron chi connectivity index (χ3n) is 2.91. The fraction of sp³-hybridized carbons (Fsp3) is 0.200. The Morgan fingerprint density at radius 3 is 2.62 bits per heavy atom. The number of amides is 1. The molecule has 0 bridgehead atoms. The van der Waals surface area contributed by atoms with Crippen molar-refractivity contribution >= 4 is 46.6 Å². The van der Waals surface area contributed by atoms with Crippen LogP contribution in [0.3, 0.4) is 0 Å². The van der Waals surface area contributed by atoms with Crippen LogP contribution < -0.4 is 10.9 Å². The number of hydrogen-bond donors (Lipinski definition) is 2. The van der Waals surface area contributed by atoms with Crippen LogP contribution in [0.4, 0.5) is 5.69 Å². The number of rotatable bonds is 5. The minimum absolute atomic E-state index is 0.000120. The van der Waals surface area contributed by atoms with Crippen LogP contribution in [0.25, 0.3) is 0 Å². The zero-order chi connectivity index (χ0) is 17.7. The highest BCUT2D eigenvalue weighted by Gasteiger charge is 2.12. The molecule has 2 aromatic rings. The molecule has 124 valence electrons. The van der Waals surface area contributed by atoms with Crippen molar-refractivity contribution in [2.45, 2.75) is 18.5 Å². The van der Waals surface area contributed by atoms with Gasteiger partial charge in [0.1, 0.15) is 11.6 Å². The van der Waals surface area contributed by atoms with Gasteiger partial charge in [0, 0.05) is 15.7 Å². The summed E-state index contributed by atoms with van der Waals surface area (Å²) in [6.07, 6.45) is 0.452. The number of carbonyl (C=O) groups excluding carboxylic acids is 1. The molecule has 2 N–H and O–H groups in total. The molecule has 6 nitrogen and oxygen atoms in total. The molecule has 1 aromatic heterocycles. The van der Waals surface area contributed by atoms with E-state index in [1.165, 1.54) is 0 Å². The third kappa shape index (κ3) is 4.74. The van der Waals surface area contributed by atoms with E-state index in [9.17, 15) is 9.59 Å². The molecular weight excluding hydrogens is 371 g/mol. The summed E-state index contributed by atoms with van der Waals surface area (Å²) >= 11 is 12.8. The number of H-pyrrole nitrogens is 1. The van der Waals surface area contributed by atoms with Gasteiger partial charge in [-0.15, -0.1) is 0 Å². The summed E-state index contributed by atoms with van der Waals surface area (Å²) in [4.78, 5) is 30.5. The molecule has 0 aliphatic carbocycles. The van der Waals surface area contributed by atoms with Crippen LogP contribution in [0.2, 0.25) is 10.0 Å². The van der Waals surface area contributed by atoms with Crippen molar-refractivity contribution in [3.05, 3.63) is 49.9 Å². The molecule has 1 aromatic carbocycles. The van der Waals surface area contributed by atoms with Gasteiger partial charge in [-0.25, -0.2) is 4.98 Å². The molecular formula is C15H12Cl2N4O2S. The summed E-state index contributed by atoms with van der Waals surface area (Å²) in [6.45, 7) is 1.80. The number of carbonyl (C=O) groups is 1. The van der Waals surface area contributed by atoms with E-state index in [1.54, 1.807) is 25.1 Å². The smallest absolute Gasteiger partial charge is 0.269 e. The molecule has 24 heavy (non-hydrogen) atoms. The number of benzene rings is 1. The van der Waals surface area contributed by atoms with Gasteiger partial charge in [0.15, 0.2) is 5.16 Å². The van der Waals surface area contributed by atoms with Gasteiger partial charge in [-0.05, 0) is 24.6 Å². The molecule has 0 aliphatic heterocycles. The van der Waals surface area contributed by atoms with E-state index in [0.717, 1.165) is 11.8 Å². The number of aromatic nitrogens is 2. The van der Waals surface area contributed by atoms with Crippen LogP contribution in [-0.4, -0.2) is 21.6 Å². The van der Waals surface area contributed by atoms with Crippen LogP contribution in [0.15, 0.2) is 28.2 Å². The van der Waals surface area contributed by atoms with Gasteiger partial charge in [0.05, 0.1) is 11.4 Å². The first kappa shape index (κ1) is 18.3. The van der Waals surface area contributed by atoms with Crippen molar-refractivity contribution in [2.75, 3.05) is 11.1 Å². The van der Waals surface area contributed by atoms with Crippen LogP contribution >= 0.6 is 35.0 Å². The van der Waals surface area contributed by atoms with Crippen molar-refractivity contribution in [1.82, 2.24) is 9.97 Å². The molecule has 2 rings (SSSR count). The summed E-state index contributed by atoms with van der Waals surface area (Å²) in [5, 5.41) is 12.7. The topological polar surface area (TPSA) is 98.6 Å². The molecule has 1 amide bonds. The van der Waals surface area contributed by atoms with E-state index in [0.29, 0.717) is 27.8 Å². The first-order valence-electron chi connectivity index (χ1n) is 6.85. The lowest BCUT2D eigenvalue weighted by Crippen LogP contribution is -2.18. The second-order valence-corrected chi connectivity index (χ2v) is 6.49. The van der Waals surface area contributed by atoms with Gasteiger partial charge >= 0.3 is 0 Å². The zero-order valence-electron chi connectivity index (χ0n) is 12.5. The van der Waals surface area contributed by atoms with Gasteiger partial charge in [-0.3, -0.25) is 9.59 Å². The van der Waals surface area contributed by atoms with Crippen molar-refractivity contribution in [1.29, 1.82) is 5.26 Å².